The number of alkyl halides is 2. The average Bonchev–Trinajstić information content (AvgIpc) is 3.32. The highest BCUT2D eigenvalue weighted by atomic mass is 35.5. The molecule has 0 spiro atoms. The van der Waals surface area contributed by atoms with Gasteiger partial charge in [0.1, 0.15) is 21.5 Å². The third kappa shape index (κ3) is 4.97. The van der Waals surface area contributed by atoms with E-state index in [1.165, 1.54) is 18.2 Å². The first-order valence-electron chi connectivity index (χ1n) is 9.68. The minimum absolute atomic E-state index is 0.0316. The van der Waals surface area contributed by atoms with Gasteiger partial charge in [-0.1, -0.05) is 40.9 Å². The highest BCUT2D eigenvalue weighted by Gasteiger charge is 2.67. The van der Waals surface area contributed by atoms with E-state index >= 15 is 0 Å². The van der Waals surface area contributed by atoms with E-state index in [4.69, 9.17) is 58.0 Å². The highest BCUT2D eigenvalue weighted by Crippen LogP contribution is 2.65. The first-order chi connectivity index (χ1) is 16.0. The number of carbonyl (C=O) groups excluding carboxylic acids is 2. The lowest BCUT2D eigenvalue weighted by molar-refractivity contribution is -0.117. The Morgan fingerprint density at radius 3 is 2.09 bits per heavy atom. The Bertz CT molecular complexity index is 1280. The van der Waals surface area contributed by atoms with Crippen molar-refractivity contribution >= 4 is 81.2 Å². The predicted molar refractivity (Wildman–Crippen MR) is 132 cm³/mol. The summed E-state index contributed by atoms with van der Waals surface area (Å²) in [5.74, 6) is -4.96. The molecule has 1 aliphatic rings. The van der Waals surface area contributed by atoms with Crippen LogP contribution in [0, 0.1) is 17.6 Å². The zero-order chi connectivity index (χ0) is 24.8. The maximum absolute atomic E-state index is 13.9. The van der Waals surface area contributed by atoms with Crippen LogP contribution in [0.4, 0.5) is 20.2 Å². The molecule has 34 heavy (non-hydrogen) atoms. The molecular formula is C23H13Cl5F2N2O2. The third-order valence-electron chi connectivity index (χ3n) is 5.25. The molecule has 2 amide bonds. The van der Waals surface area contributed by atoms with Gasteiger partial charge in [-0.2, -0.15) is 0 Å². The van der Waals surface area contributed by atoms with Crippen molar-refractivity contribution in [3.8, 4) is 0 Å². The van der Waals surface area contributed by atoms with E-state index in [-0.39, 0.29) is 16.4 Å². The second-order valence-corrected chi connectivity index (χ2v) is 10.3. The van der Waals surface area contributed by atoms with E-state index < -0.39 is 45.2 Å². The normalized spacial score (nSPS) is 18.3. The lowest BCUT2D eigenvalue weighted by Crippen LogP contribution is -2.18. The van der Waals surface area contributed by atoms with Gasteiger partial charge >= 0.3 is 0 Å². The number of carbonyl (C=O) groups is 2. The number of benzene rings is 3. The van der Waals surface area contributed by atoms with Gasteiger partial charge in [0.2, 0.25) is 5.91 Å². The zero-order valence-electron chi connectivity index (χ0n) is 16.8. The van der Waals surface area contributed by atoms with Crippen molar-refractivity contribution in [2.75, 3.05) is 10.6 Å². The molecule has 0 saturated heterocycles. The summed E-state index contributed by atoms with van der Waals surface area (Å²) in [4.78, 5) is 25.3. The van der Waals surface area contributed by atoms with E-state index in [1.807, 2.05) is 0 Å². The van der Waals surface area contributed by atoms with Crippen LogP contribution in [0.3, 0.4) is 0 Å². The maximum atomic E-state index is 13.9. The van der Waals surface area contributed by atoms with Crippen molar-refractivity contribution in [3.05, 3.63) is 92.4 Å². The van der Waals surface area contributed by atoms with Crippen LogP contribution in [0.2, 0.25) is 15.1 Å². The number of hydrogen-bond donors (Lipinski definition) is 2. The summed E-state index contributed by atoms with van der Waals surface area (Å²) in [6.45, 7) is 0. The predicted octanol–water partition coefficient (Wildman–Crippen LogP) is 7.70. The van der Waals surface area contributed by atoms with Gasteiger partial charge < -0.3 is 10.6 Å². The van der Waals surface area contributed by atoms with Gasteiger partial charge in [-0.25, -0.2) is 8.78 Å². The number of amides is 2. The molecule has 4 rings (SSSR count). The lowest BCUT2D eigenvalue weighted by Gasteiger charge is -2.11. The van der Waals surface area contributed by atoms with Crippen molar-refractivity contribution in [2.45, 2.75) is 10.3 Å². The summed E-state index contributed by atoms with van der Waals surface area (Å²) >= 11 is 30.9. The monoisotopic (exact) mass is 562 g/mol. The topological polar surface area (TPSA) is 58.2 Å². The third-order valence-corrected chi connectivity index (χ3v) is 6.96. The van der Waals surface area contributed by atoms with Crippen LogP contribution >= 0.6 is 58.0 Å². The van der Waals surface area contributed by atoms with Crippen LogP contribution in [0.1, 0.15) is 21.8 Å². The van der Waals surface area contributed by atoms with Crippen LogP contribution in [-0.2, 0) is 4.79 Å². The molecule has 2 atom stereocenters. The molecule has 0 aromatic heterocycles. The number of halogens is 7. The average molecular weight is 565 g/mol. The van der Waals surface area contributed by atoms with Gasteiger partial charge in [-0.15, -0.1) is 23.2 Å². The molecule has 0 bridgehead atoms. The fourth-order valence-electron chi connectivity index (χ4n) is 3.64. The van der Waals surface area contributed by atoms with Crippen LogP contribution in [-0.4, -0.2) is 16.1 Å². The Morgan fingerprint density at radius 2 is 1.47 bits per heavy atom. The van der Waals surface area contributed by atoms with Crippen molar-refractivity contribution in [1.29, 1.82) is 0 Å². The molecule has 3 aromatic carbocycles. The number of nitrogens with one attached hydrogen (secondary N) is 2. The van der Waals surface area contributed by atoms with E-state index in [0.717, 1.165) is 18.2 Å². The summed E-state index contributed by atoms with van der Waals surface area (Å²) in [5, 5.41) is 5.85. The van der Waals surface area contributed by atoms with Crippen LogP contribution in [0.25, 0.3) is 0 Å². The molecule has 0 unspecified atom stereocenters. The van der Waals surface area contributed by atoms with Crippen LogP contribution in [0.5, 0.6) is 0 Å². The van der Waals surface area contributed by atoms with Crippen LogP contribution < -0.4 is 10.6 Å². The quantitative estimate of drug-likeness (QED) is 0.312. The van der Waals surface area contributed by atoms with Gasteiger partial charge in [0.15, 0.2) is 0 Å². The largest absolute Gasteiger partial charge is 0.326 e. The molecule has 0 aliphatic heterocycles. The minimum Gasteiger partial charge on any atom is -0.326 e. The van der Waals surface area contributed by atoms with Gasteiger partial charge in [-0.3, -0.25) is 9.59 Å². The van der Waals surface area contributed by atoms with E-state index in [9.17, 15) is 18.4 Å². The molecule has 1 saturated carbocycles. The van der Waals surface area contributed by atoms with E-state index in [2.05, 4.69) is 10.6 Å². The Labute approximate surface area is 218 Å². The summed E-state index contributed by atoms with van der Waals surface area (Å²) in [5.41, 5.74) is 0.128. The highest BCUT2D eigenvalue weighted by molar-refractivity contribution is 6.53. The zero-order valence-corrected chi connectivity index (χ0v) is 20.6. The molecule has 2 N–H and O–H groups in total. The molecule has 3 aromatic rings. The number of anilines is 2. The summed E-state index contributed by atoms with van der Waals surface area (Å²) < 4.78 is 26.5. The Morgan fingerprint density at radius 1 is 0.853 bits per heavy atom. The standard InChI is InChI=1S/C23H13Cl5F2N2O2/c24-11-6-10(7-12(25)8-11)19-20(23(19,27)28)22(34)31-13-4-5-14(26)17(9-13)32-21(33)18-15(29)2-1-3-16(18)30/h1-9,19-20H,(H,31,34)(H,32,33)/t19-,20+/m0/s1. The van der Waals surface area contributed by atoms with Crippen molar-refractivity contribution in [3.63, 3.8) is 0 Å². The number of hydrogen-bond acceptors (Lipinski definition) is 2. The number of rotatable bonds is 5. The smallest absolute Gasteiger partial charge is 0.261 e. The molecule has 0 heterocycles. The molecule has 176 valence electrons. The summed E-state index contributed by atoms with van der Waals surface area (Å²) in [6, 6.07) is 12.1. The first-order valence-corrected chi connectivity index (χ1v) is 11.6. The minimum atomic E-state index is -1.38. The van der Waals surface area contributed by atoms with Gasteiger partial charge in [0.05, 0.1) is 16.6 Å². The molecule has 11 heteroatoms. The van der Waals surface area contributed by atoms with Crippen molar-refractivity contribution in [1.82, 2.24) is 0 Å². The van der Waals surface area contributed by atoms with Gasteiger partial charge in [0.25, 0.3) is 5.91 Å². The van der Waals surface area contributed by atoms with Gasteiger partial charge in [-0.05, 0) is 54.1 Å². The Balaban J connectivity index is 1.52. The molecule has 1 fully saturated rings. The summed E-state index contributed by atoms with van der Waals surface area (Å²) in [6.07, 6.45) is 0. The second kappa shape index (κ2) is 9.51. The Hall–Kier alpha value is -2.09. The fourth-order valence-corrected chi connectivity index (χ4v) is 5.18. The lowest BCUT2D eigenvalue weighted by atomic mass is 10.1. The van der Waals surface area contributed by atoms with Crippen molar-refractivity contribution < 1.29 is 18.4 Å². The molecule has 0 radical (unpaired) electrons. The van der Waals surface area contributed by atoms with E-state index in [0.29, 0.717) is 15.6 Å². The van der Waals surface area contributed by atoms with Gasteiger partial charge in [0, 0.05) is 21.7 Å². The van der Waals surface area contributed by atoms with Crippen molar-refractivity contribution in [2.24, 2.45) is 5.92 Å². The molecular weight excluding hydrogens is 552 g/mol. The molecule has 4 nitrogen and oxygen atoms in total. The maximum Gasteiger partial charge on any atom is 0.261 e. The molecule has 1 aliphatic carbocycles. The Kier molecular flexibility index (Phi) is 7.00. The summed E-state index contributed by atoms with van der Waals surface area (Å²) in [7, 11) is 0. The fraction of sp³-hybridized carbons (Fsp3) is 0.130. The van der Waals surface area contributed by atoms with E-state index in [1.54, 1.807) is 18.2 Å². The van der Waals surface area contributed by atoms with Crippen LogP contribution in [0.15, 0.2) is 54.6 Å². The second-order valence-electron chi connectivity index (χ2n) is 7.57. The first kappa shape index (κ1) is 25.0. The SMILES string of the molecule is O=C(Nc1cc(NC(=O)[C@H]2[C@H](c3cc(Cl)cc(Cl)c3)C2(Cl)Cl)ccc1Cl)c1c(F)cccc1F.